The summed E-state index contributed by atoms with van der Waals surface area (Å²) < 4.78 is 0.972. The van der Waals surface area contributed by atoms with Crippen molar-refractivity contribution >= 4 is 51.1 Å². The van der Waals surface area contributed by atoms with Gasteiger partial charge in [0.05, 0.1) is 22.4 Å². The van der Waals surface area contributed by atoms with Gasteiger partial charge in [-0.3, -0.25) is 9.59 Å². The quantitative estimate of drug-likeness (QED) is 0.625. The molecule has 0 aromatic heterocycles. The first kappa shape index (κ1) is 21.4. The number of benzene rings is 2. The molecule has 2 aromatic rings. The van der Waals surface area contributed by atoms with E-state index in [9.17, 15) is 14.9 Å². The largest absolute Gasteiger partial charge is 0.351 e. The summed E-state index contributed by atoms with van der Waals surface area (Å²) in [5.74, 6) is -0.716. The smallest absolute Gasteiger partial charge is 0.230 e. The molecule has 0 radical (unpaired) electrons. The first-order chi connectivity index (χ1) is 14.0. The lowest BCUT2D eigenvalue weighted by Gasteiger charge is -2.25. The van der Waals surface area contributed by atoms with Crippen molar-refractivity contribution in [2.75, 3.05) is 5.75 Å². The molecule has 1 heterocycles. The number of carbonyl (C=O) groups is 2. The highest BCUT2D eigenvalue weighted by Gasteiger charge is 2.30. The fourth-order valence-corrected chi connectivity index (χ4v) is 4.39. The number of halogens is 2. The predicted molar refractivity (Wildman–Crippen MR) is 118 cm³/mol. The molecule has 0 spiro atoms. The van der Waals surface area contributed by atoms with Gasteiger partial charge in [0.15, 0.2) is 0 Å². The Balaban J connectivity index is 1.68. The maximum atomic E-state index is 12.2. The number of nitrogens with zero attached hydrogens (tertiary/aromatic N) is 1. The van der Waals surface area contributed by atoms with Crippen molar-refractivity contribution in [2.45, 2.75) is 18.9 Å². The molecule has 0 saturated carbocycles. The Bertz CT molecular complexity index is 1000. The third-order valence-corrected chi connectivity index (χ3v) is 6.28. The number of nitrogens with one attached hydrogen (secondary N) is 2. The summed E-state index contributed by atoms with van der Waals surface area (Å²) in [6, 6.07) is 17.0. The van der Waals surface area contributed by atoms with Gasteiger partial charge in [-0.2, -0.15) is 5.26 Å². The van der Waals surface area contributed by atoms with Gasteiger partial charge in [0.1, 0.15) is 0 Å². The molecular weight excluding hydrogens is 474 g/mol. The fourth-order valence-electron chi connectivity index (χ4n) is 2.95. The van der Waals surface area contributed by atoms with Crippen molar-refractivity contribution < 1.29 is 9.59 Å². The molecule has 148 valence electrons. The van der Waals surface area contributed by atoms with E-state index in [1.54, 1.807) is 12.1 Å². The number of carbonyl (C=O) groups excluding carboxylic acids is 2. The van der Waals surface area contributed by atoms with Gasteiger partial charge in [-0.1, -0.05) is 69.6 Å². The summed E-state index contributed by atoms with van der Waals surface area (Å²) in [5, 5.41) is 16.2. The number of nitriles is 1. The van der Waals surface area contributed by atoms with Crippen molar-refractivity contribution in [3.8, 4) is 6.07 Å². The van der Waals surface area contributed by atoms with E-state index in [1.807, 2.05) is 36.4 Å². The number of hydrogen-bond acceptors (Lipinski definition) is 4. The van der Waals surface area contributed by atoms with Crippen LogP contribution in [-0.4, -0.2) is 17.6 Å². The van der Waals surface area contributed by atoms with Gasteiger partial charge in [-0.05, 0) is 29.3 Å². The highest BCUT2D eigenvalue weighted by Crippen LogP contribution is 2.38. The molecule has 0 saturated heterocycles. The van der Waals surface area contributed by atoms with Gasteiger partial charge in [0.25, 0.3) is 0 Å². The average molecular weight is 491 g/mol. The van der Waals surface area contributed by atoms with Crippen molar-refractivity contribution in [1.29, 1.82) is 5.26 Å². The van der Waals surface area contributed by atoms with Crippen LogP contribution in [0.5, 0.6) is 0 Å². The van der Waals surface area contributed by atoms with E-state index in [0.29, 0.717) is 22.2 Å². The van der Waals surface area contributed by atoms with Crippen molar-refractivity contribution in [1.82, 2.24) is 10.6 Å². The summed E-state index contributed by atoms with van der Waals surface area (Å²) in [6.07, 6.45) is 0.145. The van der Waals surface area contributed by atoms with Crippen LogP contribution >= 0.6 is 39.3 Å². The van der Waals surface area contributed by atoms with Gasteiger partial charge in [-0.25, -0.2) is 0 Å². The second kappa shape index (κ2) is 9.97. The zero-order valence-corrected chi connectivity index (χ0v) is 18.4. The van der Waals surface area contributed by atoms with Crippen LogP contribution in [0.1, 0.15) is 23.5 Å². The molecule has 0 bridgehead atoms. The molecule has 1 atom stereocenters. The molecule has 1 unspecified atom stereocenters. The molecule has 3 rings (SSSR count). The van der Waals surface area contributed by atoms with E-state index in [2.05, 4.69) is 32.6 Å². The lowest BCUT2D eigenvalue weighted by atomic mass is 9.87. The molecule has 2 aromatic carbocycles. The van der Waals surface area contributed by atoms with Crippen LogP contribution in [0.25, 0.3) is 0 Å². The van der Waals surface area contributed by atoms with E-state index in [-0.39, 0.29) is 24.0 Å². The van der Waals surface area contributed by atoms with Crippen molar-refractivity contribution in [3.63, 3.8) is 0 Å². The minimum Gasteiger partial charge on any atom is -0.351 e. The third-order valence-electron chi connectivity index (χ3n) is 4.39. The van der Waals surface area contributed by atoms with Crippen LogP contribution in [0, 0.1) is 11.3 Å². The van der Waals surface area contributed by atoms with Crippen LogP contribution < -0.4 is 10.6 Å². The normalized spacial score (nSPS) is 16.2. The van der Waals surface area contributed by atoms with Crippen LogP contribution in [0.2, 0.25) is 5.02 Å². The lowest BCUT2D eigenvalue weighted by molar-refractivity contribution is -0.121. The standard InChI is InChI=1S/C21H17BrClN3O2S/c22-14-7-5-13(6-8-14)11-25-20(28)12-29-21-17(10-24)16(9-19(27)26-21)15-3-1-2-4-18(15)23/h1-8,16H,9,11-12H2,(H,25,28)(H,26,27). The van der Waals surface area contributed by atoms with Gasteiger partial charge >= 0.3 is 0 Å². The van der Waals surface area contributed by atoms with Gasteiger partial charge in [0.2, 0.25) is 11.8 Å². The fraction of sp³-hybridized carbons (Fsp3) is 0.190. The SMILES string of the molecule is N#CC1=C(SCC(=O)NCc2ccc(Br)cc2)NC(=O)CC1c1ccccc1Cl. The monoisotopic (exact) mass is 489 g/mol. The second-order valence-corrected chi connectivity index (χ2v) is 8.68. The summed E-state index contributed by atoms with van der Waals surface area (Å²) in [4.78, 5) is 24.4. The Morgan fingerprint density at radius 1 is 1.28 bits per heavy atom. The average Bonchev–Trinajstić information content (AvgIpc) is 2.71. The maximum Gasteiger partial charge on any atom is 0.230 e. The molecule has 5 nitrogen and oxygen atoms in total. The zero-order valence-electron chi connectivity index (χ0n) is 15.2. The highest BCUT2D eigenvalue weighted by atomic mass is 79.9. The van der Waals surface area contributed by atoms with Crippen molar-refractivity contribution in [2.24, 2.45) is 0 Å². The van der Waals surface area contributed by atoms with Gasteiger partial charge < -0.3 is 10.6 Å². The minimum atomic E-state index is -0.421. The van der Waals surface area contributed by atoms with Crippen LogP contribution in [0.4, 0.5) is 0 Å². The highest BCUT2D eigenvalue weighted by molar-refractivity contribution is 9.10. The maximum absolute atomic E-state index is 12.2. The van der Waals surface area contributed by atoms with E-state index in [0.717, 1.165) is 27.4 Å². The molecule has 8 heteroatoms. The molecule has 1 aliphatic rings. The van der Waals surface area contributed by atoms with Crippen LogP contribution in [-0.2, 0) is 16.1 Å². The van der Waals surface area contributed by atoms with Crippen LogP contribution in [0.3, 0.4) is 0 Å². The lowest BCUT2D eigenvalue weighted by Crippen LogP contribution is -2.32. The number of hydrogen-bond donors (Lipinski definition) is 2. The topological polar surface area (TPSA) is 82.0 Å². The number of amides is 2. The van der Waals surface area contributed by atoms with Crippen molar-refractivity contribution in [3.05, 3.63) is 79.8 Å². The predicted octanol–water partition coefficient (Wildman–Crippen LogP) is 4.49. The number of allylic oxidation sites excluding steroid dienone is 1. The number of thioether (sulfide) groups is 1. The summed E-state index contributed by atoms with van der Waals surface area (Å²) in [6.45, 7) is 0.408. The Morgan fingerprint density at radius 3 is 2.69 bits per heavy atom. The minimum absolute atomic E-state index is 0.0898. The third kappa shape index (κ3) is 5.63. The second-order valence-electron chi connectivity index (χ2n) is 6.37. The Hall–Kier alpha value is -2.27. The van der Waals surface area contributed by atoms with E-state index in [1.165, 1.54) is 0 Å². The zero-order chi connectivity index (χ0) is 20.8. The Kier molecular flexibility index (Phi) is 7.37. The molecule has 2 N–H and O–H groups in total. The Morgan fingerprint density at radius 2 is 2.00 bits per heavy atom. The number of rotatable bonds is 6. The molecule has 29 heavy (non-hydrogen) atoms. The first-order valence-corrected chi connectivity index (χ1v) is 11.0. The molecular formula is C21H17BrClN3O2S. The van der Waals surface area contributed by atoms with E-state index < -0.39 is 5.92 Å². The van der Waals surface area contributed by atoms with Gasteiger partial charge in [-0.15, -0.1) is 0 Å². The molecule has 2 amide bonds. The van der Waals surface area contributed by atoms with Gasteiger partial charge in [0, 0.05) is 28.4 Å². The molecule has 1 aliphatic heterocycles. The van der Waals surface area contributed by atoms with E-state index in [4.69, 9.17) is 11.6 Å². The molecule has 0 fully saturated rings. The summed E-state index contributed by atoms with van der Waals surface area (Å²) in [7, 11) is 0. The Labute approximate surface area is 186 Å². The van der Waals surface area contributed by atoms with Crippen LogP contribution in [0.15, 0.2) is 63.6 Å². The molecule has 0 aliphatic carbocycles. The van der Waals surface area contributed by atoms with E-state index >= 15 is 0 Å². The summed E-state index contributed by atoms with van der Waals surface area (Å²) >= 11 is 10.8. The first-order valence-electron chi connectivity index (χ1n) is 8.80. The summed E-state index contributed by atoms with van der Waals surface area (Å²) in [5.41, 5.74) is 2.13.